The number of hydrogen-bond acceptors (Lipinski definition) is 5. The van der Waals surface area contributed by atoms with Gasteiger partial charge in [0, 0.05) is 24.7 Å². The molecule has 19 heavy (non-hydrogen) atoms. The summed E-state index contributed by atoms with van der Waals surface area (Å²) >= 11 is 0. The van der Waals surface area contributed by atoms with Crippen LogP contribution in [0.4, 0.5) is 5.82 Å². The Bertz CT molecular complexity index is 593. The topological polar surface area (TPSA) is 90.3 Å². The molecule has 0 saturated heterocycles. The van der Waals surface area contributed by atoms with E-state index in [0.29, 0.717) is 5.56 Å². The quantitative estimate of drug-likeness (QED) is 0.601. The van der Waals surface area contributed by atoms with Crippen LogP contribution in [0.2, 0.25) is 0 Å². The van der Waals surface area contributed by atoms with Crippen molar-refractivity contribution in [3.63, 3.8) is 0 Å². The summed E-state index contributed by atoms with van der Waals surface area (Å²) in [5.41, 5.74) is 0.195. The number of hydrogen-bond donors (Lipinski definition) is 1. The van der Waals surface area contributed by atoms with E-state index in [-0.39, 0.29) is 18.3 Å². The molecule has 0 saturated carbocycles. The number of rotatable bonds is 2. The molecule has 2 heterocycles. The van der Waals surface area contributed by atoms with Crippen LogP contribution in [0.3, 0.4) is 0 Å². The number of aromatic nitrogens is 2. The highest BCUT2D eigenvalue weighted by Gasteiger charge is 2.40. The van der Waals surface area contributed by atoms with E-state index in [1.807, 2.05) is 0 Å². The van der Waals surface area contributed by atoms with E-state index in [4.69, 9.17) is 4.74 Å². The average molecular weight is 265 g/mol. The maximum absolute atomic E-state index is 11.9. The minimum atomic E-state index is -0.910. The van der Waals surface area contributed by atoms with Crippen molar-refractivity contribution in [3.05, 3.63) is 22.2 Å². The van der Waals surface area contributed by atoms with Crippen LogP contribution in [0.15, 0.2) is 11.0 Å². The van der Waals surface area contributed by atoms with E-state index < -0.39 is 23.5 Å². The fourth-order valence-corrected chi connectivity index (χ4v) is 2.14. The lowest BCUT2D eigenvalue weighted by Gasteiger charge is -2.28. The van der Waals surface area contributed by atoms with E-state index in [1.165, 1.54) is 4.57 Å². The molecular weight excluding hydrogens is 250 g/mol. The standard InChI is InChI=1S/C12H15N3O4/c1-4-19-11(17)8-6(2)7-5-15(3)12(18)14-9(7)13-10(8)16/h5-6,8H,4H2,1-3H3,(H,13,14,16,18). The summed E-state index contributed by atoms with van der Waals surface area (Å²) in [6.07, 6.45) is 1.58. The molecule has 0 aliphatic carbocycles. The number of nitrogens with zero attached hydrogens (tertiary/aromatic N) is 2. The second-order valence-corrected chi connectivity index (χ2v) is 4.45. The summed E-state index contributed by atoms with van der Waals surface area (Å²) in [6.45, 7) is 3.64. The van der Waals surface area contributed by atoms with E-state index in [0.717, 1.165) is 0 Å². The van der Waals surface area contributed by atoms with Crippen LogP contribution in [0.1, 0.15) is 25.3 Å². The van der Waals surface area contributed by atoms with Crippen molar-refractivity contribution in [2.24, 2.45) is 13.0 Å². The molecular formula is C12H15N3O4. The first-order chi connectivity index (χ1) is 8.95. The molecule has 0 aromatic carbocycles. The number of anilines is 1. The Labute approximate surface area is 109 Å². The van der Waals surface area contributed by atoms with Gasteiger partial charge in [0.05, 0.1) is 6.61 Å². The van der Waals surface area contributed by atoms with E-state index in [1.54, 1.807) is 27.1 Å². The number of ether oxygens (including phenoxy) is 1. The van der Waals surface area contributed by atoms with Gasteiger partial charge in [0.25, 0.3) is 0 Å². The lowest BCUT2D eigenvalue weighted by atomic mass is 9.85. The summed E-state index contributed by atoms with van der Waals surface area (Å²) in [7, 11) is 1.57. The monoisotopic (exact) mass is 265 g/mol. The average Bonchev–Trinajstić information content (AvgIpc) is 2.32. The molecule has 102 valence electrons. The molecule has 7 heteroatoms. The summed E-state index contributed by atoms with van der Waals surface area (Å²) in [6, 6.07) is 0. The predicted molar refractivity (Wildman–Crippen MR) is 66.6 cm³/mol. The van der Waals surface area contributed by atoms with Gasteiger partial charge in [-0.05, 0) is 6.92 Å². The predicted octanol–water partition coefficient (Wildman–Crippen LogP) is 0.0152. The van der Waals surface area contributed by atoms with Crippen molar-refractivity contribution in [1.29, 1.82) is 0 Å². The van der Waals surface area contributed by atoms with E-state index >= 15 is 0 Å². The summed E-state index contributed by atoms with van der Waals surface area (Å²) in [4.78, 5) is 38.9. The van der Waals surface area contributed by atoms with Gasteiger partial charge in [0.1, 0.15) is 11.7 Å². The fourth-order valence-electron chi connectivity index (χ4n) is 2.14. The zero-order chi connectivity index (χ0) is 14.2. The molecule has 1 aromatic rings. The molecule has 1 aliphatic heterocycles. The first kappa shape index (κ1) is 13.3. The molecule has 2 rings (SSSR count). The van der Waals surface area contributed by atoms with Crippen molar-refractivity contribution < 1.29 is 14.3 Å². The molecule has 7 nitrogen and oxygen atoms in total. The van der Waals surface area contributed by atoms with Crippen molar-refractivity contribution in [2.45, 2.75) is 19.8 Å². The molecule has 0 fully saturated rings. The Morgan fingerprint density at radius 2 is 2.21 bits per heavy atom. The number of aryl methyl sites for hydroxylation is 1. The minimum absolute atomic E-state index is 0.216. The summed E-state index contributed by atoms with van der Waals surface area (Å²) in [5, 5.41) is 2.48. The molecule has 1 amide bonds. The molecule has 1 aromatic heterocycles. The highest BCUT2D eigenvalue weighted by Crippen LogP contribution is 2.34. The normalized spacial score (nSPS) is 21.5. The van der Waals surface area contributed by atoms with Gasteiger partial charge in [-0.3, -0.25) is 9.59 Å². The Balaban J connectivity index is 2.44. The first-order valence-electron chi connectivity index (χ1n) is 6.00. The second-order valence-electron chi connectivity index (χ2n) is 4.45. The maximum Gasteiger partial charge on any atom is 0.349 e. The van der Waals surface area contributed by atoms with Crippen LogP contribution < -0.4 is 11.0 Å². The summed E-state index contributed by atoms with van der Waals surface area (Å²) in [5.74, 6) is -2.12. The third-order valence-electron chi connectivity index (χ3n) is 3.17. The van der Waals surface area contributed by atoms with E-state index in [9.17, 15) is 14.4 Å². The lowest BCUT2D eigenvalue weighted by Crippen LogP contribution is -2.40. The second kappa shape index (κ2) is 4.83. The van der Waals surface area contributed by atoms with Gasteiger partial charge < -0.3 is 14.6 Å². The van der Waals surface area contributed by atoms with Gasteiger partial charge in [-0.15, -0.1) is 0 Å². The third-order valence-corrected chi connectivity index (χ3v) is 3.17. The van der Waals surface area contributed by atoms with Crippen molar-refractivity contribution in [1.82, 2.24) is 9.55 Å². The SMILES string of the molecule is CCOC(=O)C1C(=O)Nc2nc(=O)n(C)cc2C1C. The Morgan fingerprint density at radius 3 is 2.84 bits per heavy atom. The fraction of sp³-hybridized carbons (Fsp3) is 0.500. The summed E-state index contributed by atoms with van der Waals surface area (Å²) < 4.78 is 6.22. The van der Waals surface area contributed by atoms with E-state index in [2.05, 4.69) is 10.3 Å². The number of carbonyl (C=O) groups excluding carboxylic acids is 2. The number of nitrogens with one attached hydrogen (secondary N) is 1. The van der Waals surface area contributed by atoms with Crippen LogP contribution in [0.25, 0.3) is 0 Å². The van der Waals surface area contributed by atoms with Gasteiger partial charge in [0.15, 0.2) is 0 Å². The first-order valence-corrected chi connectivity index (χ1v) is 6.00. The molecule has 1 N–H and O–H groups in total. The van der Waals surface area contributed by atoms with Crippen LogP contribution in [-0.2, 0) is 21.4 Å². The molecule has 0 spiro atoms. The Kier molecular flexibility index (Phi) is 3.37. The number of fused-ring (bicyclic) bond motifs is 1. The smallest absolute Gasteiger partial charge is 0.349 e. The highest BCUT2D eigenvalue weighted by atomic mass is 16.5. The number of carbonyl (C=O) groups is 2. The zero-order valence-electron chi connectivity index (χ0n) is 11.0. The van der Waals surface area contributed by atoms with Crippen molar-refractivity contribution >= 4 is 17.7 Å². The van der Waals surface area contributed by atoms with Gasteiger partial charge in [0.2, 0.25) is 5.91 Å². The van der Waals surface area contributed by atoms with Crippen LogP contribution in [0.5, 0.6) is 0 Å². The van der Waals surface area contributed by atoms with Crippen molar-refractivity contribution in [2.75, 3.05) is 11.9 Å². The molecule has 0 bridgehead atoms. The third kappa shape index (κ3) is 2.23. The molecule has 2 atom stereocenters. The zero-order valence-corrected chi connectivity index (χ0v) is 11.0. The van der Waals surface area contributed by atoms with Gasteiger partial charge in [-0.25, -0.2) is 4.79 Å². The Hall–Kier alpha value is -2.18. The number of esters is 1. The van der Waals surface area contributed by atoms with Gasteiger partial charge >= 0.3 is 11.7 Å². The van der Waals surface area contributed by atoms with Crippen LogP contribution in [-0.4, -0.2) is 28.0 Å². The van der Waals surface area contributed by atoms with Gasteiger partial charge in [-0.1, -0.05) is 6.92 Å². The maximum atomic E-state index is 11.9. The molecule has 1 aliphatic rings. The lowest BCUT2D eigenvalue weighted by molar-refractivity contribution is -0.151. The largest absolute Gasteiger partial charge is 0.465 e. The highest BCUT2D eigenvalue weighted by molar-refractivity contribution is 6.07. The van der Waals surface area contributed by atoms with Crippen molar-refractivity contribution in [3.8, 4) is 0 Å². The Morgan fingerprint density at radius 1 is 1.53 bits per heavy atom. The van der Waals surface area contributed by atoms with Crippen LogP contribution in [0, 0.1) is 5.92 Å². The molecule has 2 unspecified atom stereocenters. The van der Waals surface area contributed by atoms with Crippen LogP contribution >= 0.6 is 0 Å². The minimum Gasteiger partial charge on any atom is -0.465 e. The number of amides is 1. The van der Waals surface area contributed by atoms with Gasteiger partial charge in [-0.2, -0.15) is 4.98 Å². The molecule has 0 radical (unpaired) electrons.